The number of halogens is 1. The maximum atomic E-state index is 13.6. The molecule has 0 bridgehead atoms. The molecular formula is C13H9FN4O3. The molecule has 0 atom stereocenters. The van der Waals surface area contributed by atoms with Crippen molar-refractivity contribution in [3.8, 4) is 11.5 Å². The summed E-state index contributed by atoms with van der Waals surface area (Å²) in [5, 5.41) is 14.6. The van der Waals surface area contributed by atoms with E-state index in [1.807, 2.05) is 0 Å². The van der Waals surface area contributed by atoms with Crippen molar-refractivity contribution in [2.45, 2.75) is 6.92 Å². The summed E-state index contributed by atoms with van der Waals surface area (Å²) in [6.07, 6.45) is 3.05. The summed E-state index contributed by atoms with van der Waals surface area (Å²) in [6.45, 7) is 1.61. The van der Waals surface area contributed by atoms with Gasteiger partial charge >= 0.3 is 5.69 Å². The zero-order valence-electron chi connectivity index (χ0n) is 10.9. The summed E-state index contributed by atoms with van der Waals surface area (Å²) in [7, 11) is 0. The van der Waals surface area contributed by atoms with Gasteiger partial charge < -0.3 is 4.74 Å². The number of ether oxygens (including phenoxy) is 1. The Morgan fingerprint density at radius 1 is 1.38 bits per heavy atom. The highest BCUT2D eigenvalue weighted by Gasteiger charge is 2.17. The lowest BCUT2D eigenvalue weighted by Gasteiger charge is -2.09. The number of benzene rings is 1. The molecule has 0 aliphatic carbocycles. The van der Waals surface area contributed by atoms with Gasteiger partial charge in [0.25, 0.3) is 0 Å². The standard InChI is InChI=1S/C13H9FN4O3/c1-8-4-11(18(19)20)10(14)6-12(8)21-9-2-3-17-13(5-9)15-7-16-17/h2-7H,1H3. The van der Waals surface area contributed by atoms with E-state index in [9.17, 15) is 14.5 Å². The fourth-order valence-corrected chi connectivity index (χ4v) is 1.88. The monoisotopic (exact) mass is 288 g/mol. The minimum atomic E-state index is -0.941. The lowest BCUT2D eigenvalue weighted by atomic mass is 10.2. The molecule has 8 heteroatoms. The average Bonchev–Trinajstić information content (AvgIpc) is 2.89. The number of pyridine rings is 1. The van der Waals surface area contributed by atoms with Crippen LogP contribution in [-0.2, 0) is 0 Å². The van der Waals surface area contributed by atoms with E-state index < -0.39 is 16.4 Å². The minimum absolute atomic E-state index is 0.210. The Morgan fingerprint density at radius 3 is 2.95 bits per heavy atom. The molecule has 0 spiro atoms. The minimum Gasteiger partial charge on any atom is -0.457 e. The SMILES string of the molecule is Cc1cc([N+](=O)[O-])c(F)cc1Oc1ccn2ncnc2c1. The summed E-state index contributed by atoms with van der Waals surface area (Å²) in [5.74, 6) is -0.294. The number of nitrogens with zero attached hydrogens (tertiary/aromatic N) is 4. The predicted molar refractivity (Wildman–Crippen MR) is 70.9 cm³/mol. The number of nitro benzene ring substituents is 1. The highest BCUT2D eigenvalue weighted by Crippen LogP contribution is 2.30. The Balaban J connectivity index is 1.97. The molecule has 21 heavy (non-hydrogen) atoms. The highest BCUT2D eigenvalue weighted by molar-refractivity contribution is 5.48. The first-order chi connectivity index (χ1) is 10.0. The first kappa shape index (κ1) is 13.0. The van der Waals surface area contributed by atoms with Gasteiger partial charge in [-0.1, -0.05) is 0 Å². The summed E-state index contributed by atoms with van der Waals surface area (Å²) < 4.78 is 20.7. The zero-order valence-corrected chi connectivity index (χ0v) is 10.9. The molecule has 7 nitrogen and oxygen atoms in total. The molecule has 0 radical (unpaired) electrons. The second-order valence-electron chi connectivity index (χ2n) is 4.35. The van der Waals surface area contributed by atoms with Gasteiger partial charge in [-0.3, -0.25) is 10.1 Å². The van der Waals surface area contributed by atoms with Gasteiger partial charge in [-0.05, 0) is 18.6 Å². The number of aryl methyl sites for hydroxylation is 1. The lowest BCUT2D eigenvalue weighted by molar-refractivity contribution is -0.387. The molecule has 0 unspecified atom stereocenters. The topological polar surface area (TPSA) is 82.6 Å². The second kappa shape index (κ2) is 4.82. The van der Waals surface area contributed by atoms with Gasteiger partial charge in [-0.2, -0.15) is 9.49 Å². The molecule has 0 saturated heterocycles. The number of hydrogen-bond donors (Lipinski definition) is 0. The normalized spacial score (nSPS) is 10.8. The van der Waals surface area contributed by atoms with E-state index >= 15 is 0 Å². The van der Waals surface area contributed by atoms with Crippen LogP contribution in [0.25, 0.3) is 5.65 Å². The smallest absolute Gasteiger partial charge is 0.305 e. The van der Waals surface area contributed by atoms with Crippen LogP contribution in [0.4, 0.5) is 10.1 Å². The quantitative estimate of drug-likeness (QED) is 0.546. The van der Waals surface area contributed by atoms with Gasteiger partial charge in [0.05, 0.1) is 4.92 Å². The maximum absolute atomic E-state index is 13.6. The van der Waals surface area contributed by atoms with E-state index in [1.54, 1.807) is 29.8 Å². The van der Waals surface area contributed by atoms with Crippen LogP contribution in [0.5, 0.6) is 11.5 Å². The van der Waals surface area contributed by atoms with E-state index in [2.05, 4.69) is 10.1 Å². The molecule has 0 fully saturated rings. The lowest BCUT2D eigenvalue weighted by Crippen LogP contribution is -1.96. The van der Waals surface area contributed by atoms with E-state index in [0.717, 1.165) is 12.1 Å². The Morgan fingerprint density at radius 2 is 2.19 bits per heavy atom. The summed E-state index contributed by atoms with van der Waals surface area (Å²) in [6, 6.07) is 5.41. The Hall–Kier alpha value is -3.03. The summed E-state index contributed by atoms with van der Waals surface area (Å²) in [5.41, 5.74) is 0.463. The fraction of sp³-hybridized carbons (Fsp3) is 0.0769. The zero-order chi connectivity index (χ0) is 15.0. The van der Waals surface area contributed by atoms with Crippen LogP contribution in [0.15, 0.2) is 36.8 Å². The Labute approximate surface area is 117 Å². The van der Waals surface area contributed by atoms with Crippen molar-refractivity contribution in [2.24, 2.45) is 0 Å². The van der Waals surface area contributed by atoms with Gasteiger partial charge in [0.15, 0.2) is 5.65 Å². The Bertz CT molecular complexity index is 847. The number of rotatable bonds is 3. The summed E-state index contributed by atoms with van der Waals surface area (Å²) >= 11 is 0. The third-order valence-corrected chi connectivity index (χ3v) is 2.92. The molecule has 3 rings (SSSR count). The van der Waals surface area contributed by atoms with Crippen molar-refractivity contribution in [3.63, 3.8) is 0 Å². The van der Waals surface area contributed by atoms with Gasteiger partial charge in [-0.25, -0.2) is 9.50 Å². The third kappa shape index (κ3) is 2.38. The molecule has 106 valence electrons. The average molecular weight is 288 g/mol. The fourth-order valence-electron chi connectivity index (χ4n) is 1.88. The molecule has 2 aromatic heterocycles. The van der Waals surface area contributed by atoms with Crippen molar-refractivity contribution in [3.05, 3.63) is 58.3 Å². The molecule has 0 saturated carbocycles. The molecule has 0 aliphatic heterocycles. The van der Waals surface area contributed by atoms with Crippen LogP contribution in [-0.4, -0.2) is 19.5 Å². The molecule has 1 aromatic carbocycles. The molecule has 0 amide bonds. The van der Waals surface area contributed by atoms with E-state index in [-0.39, 0.29) is 5.75 Å². The maximum Gasteiger partial charge on any atom is 0.305 e. The van der Waals surface area contributed by atoms with E-state index in [0.29, 0.717) is 17.0 Å². The van der Waals surface area contributed by atoms with Crippen LogP contribution < -0.4 is 4.74 Å². The van der Waals surface area contributed by atoms with Gasteiger partial charge in [0, 0.05) is 24.4 Å². The molecule has 0 N–H and O–H groups in total. The van der Waals surface area contributed by atoms with Crippen LogP contribution in [0.2, 0.25) is 0 Å². The molecule has 0 aliphatic rings. The van der Waals surface area contributed by atoms with Crippen molar-refractivity contribution in [1.82, 2.24) is 14.6 Å². The number of hydrogen-bond acceptors (Lipinski definition) is 5. The van der Waals surface area contributed by atoms with Gasteiger partial charge in [0.1, 0.15) is 17.8 Å². The van der Waals surface area contributed by atoms with E-state index in [4.69, 9.17) is 4.74 Å². The van der Waals surface area contributed by atoms with Crippen molar-refractivity contribution >= 4 is 11.3 Å². The van der Waals surface area contributed by atoms with Crippen molar-refractivity contribution < 1.29 is 14.1 Å². The van der Waals surface area contributed by atoms with Gasteiger partial charge in [-0.15, -0.1) is 0 Å². The molecule has 2 heterocycles. The highest BCUT2D eigenvalue weighted by atomic mass is 19.1. The third-order valence-electron chi connectivity index (χ3n) is 2.92. The van der Waals surface area contributed by atoms with Crippen LogP contribution >= 0.6 is 0 Å². The van der Waals surface area contributed by atoms with E-state index in [1.165, 1.54) is 6.33 Å². The first-order valence-corrected chi connectivity index (χ1v) is 5.96. The van der Waals surface area contributed by atoms with Crippen molar-refractivity contribution in [2.75, 3.05) is 0 Å². The first-order valence-electron chi connectivity index (χ1n) is 5.96. The number of aromatic nitrogens is 3. The van der Waals surface area contributed by atoms with Crippen LogP contribution in [0.3, 0.4) is 0 Å². The van der Waals surface area contributed by atoms with Crippen molar-refractivity contribution in [1.29, 1.82) is 0 Å². The molecule has 3 aromatic rings. The Kier molecular flexibility index (Phi) is 2.98. The second-order valence-corrected chi connectivity index (χ2v) is 4.35. The predicted octanol–water partition coefficient (Wildman–Crippen LogP) is 2.88. The van der Waals surface area contributed by atoms with Crippen LogP contribution in [0.1, 0.15) is 5.56 Å². The largest absolute Gasteiger partial charge is 0.457 e. The summed E-state index contributed by atoms with van der Waals surface area (Å²) in [4.78, 5) is 13.9. The number of fused-ring (bicyclic) bond motifs is 1. The number of nitro groups is 1. The van der Waals surface area contributed by atoms with Crippen LogP contribution in [0, 0.1) is 22.9 Å². The molecular weight excluding hydrogens is 279 g/mol. The van der Waals surface area contributed by atoms with Gasteiger partial charge in [0.2, 0.25) is 5.82 Å².